The lowest BCUT2D eigenvalue weighted by Crippen LogP contribution is -2.56. The lowest BCUT2D eigenvalue weighted by atomic mass is 9.81. The van der Waals surface area contributed by atoms with Gasteiger partial charge in [0.25, 0.3) is 0 Å². The van der Waals surface area contributed by atoms with E-state index in [4.69, 9.17) is 9.84 Å². The third kappa shape index (κ3) is 5.80. The topological polar surface area (TPSA) is 58.6 Å². The summed E-state index contributed by atoms with van der Waals surface area (Å²) >= 11 is 1.91. The van der Waals surface area contributed by atoms with Crippen LogP contribution in [0, 0.1) is 0 Å². The molecule has 21 heavy (non-hydrogen) atoms. The zero-order valence-corrected chi connectivity index (χ0v) is 14.5. The van der Waals surface area contributed by atoms with Crippen LogP contribution in [0.15, 0.2) is 0 Å². The number of ether oxygens (including phenoxy) is 1. The fourth-order valence-corrected chi connectivity index (χ4v) is 4.55. The molecule has 2 N–H and O–H groups in total. The van der Waals surface area contributed by atoms with Crippen molar-refractivity contribution in [2.24, 2.45) is 0 Å². The zero-order valence-electron chi connectivity index (χ0n) is 13.7. The van der Waals surface area contributed by atoms with E-state index < -0.39 is 5.54 Å². The summed E-state index contributed by atoms with van der Waals surface area (Å²) in [6.45, 7) is 7.66. The minimum atomic E-state index is -0.499. The summed E-state index contributed by atoms with van der Waals surface area (Å²) in [6, 6.07) is 0. The van der Waals surface area contributed by atoms with Crippen molar-refractivity contribution in [1.82, 2.24) is 5.32 Å². The van der Waals surface area contributed by atoms with Crippen molar-refractivity contribution in [2.75, 3.05) is 19.8 Å². The van der Waals surface area contributed by atoms with E-state index in [1.54, 1.807) is 0 Å². The molecule has 4 nitrogen and oxygen atoms in total. The minimum absolute atomic E-state index is 0.0847. The van der Waals surface area contributed by atoms with Crippen molar-refractivity contribution >= 4 is 17.7 Å². The van der Waals surface area contributed by atoms with Gasteiger partial charge >= 0.3 is 5.97 Å². The molecule has 0 amide bonds. The molecule has 0 aromatic heterocycles. The first-order valence-corrected chi connectivity index (χ1v) is 9.20. The molecule has 5 heteroatoms. The summed E-state index contributed by atoms with van der Waals surface area (Å²) in [6.07, 6.45) is 5.74. The predicted octanol–water partition coefficient (Wildman–Crippen LogP) is 2.73. The number of aliphatic hydroxyl groups is 1. The zero-order chi connectivity index (χ0) is 15.7. The Hall–Kier alpha value is -0.260. The van der Waals surface area contributed by atoms with Gasteiger partial charge in [0.1, 0.15) is 5.54 Å². The van der Waals surface area contributed by atoms with E-state index in [0.29, 0.717) is 17.1 Å². The fraction of sp³-hybridized carbons (Fsp3) is 0.938. The van der Waals surface area contributed by atoms with Crippen LogP contribution in [0.5, 0.6) is 0 Å². The van der Waals surface area contributed by atoms with E-state index in [1.165, 1.54) is 0 Å². The van der Waals surface area contributed by atoms with Crippen LogP contribution in [0.3, 0.4) is 0 Å². The third-order valence-corrected chi connectivity index (χ3v) is 5.53. The molecule has 0 bridgehead atoms. The van der Waals surface area contributed by atoms with Gasteiger partial charge in [-0.1, -0.05) is 13.8 Å². The molecule has 0 spiro atoms. The molecule has 1 aliphatic rings. The van der Waals surface area contributed by atoms with E-state index in [9.17, 15) is 4.79 Å². The summed E-state index contributed by atoms with van der Waals surface area (Å²) in [5, 5.41) is 13.4. The standard InChI is InChI=1S/C16H31NO3S/c1-4-10-17-16(15(19)20-5-2)9-6-7-14(12-16)21-13(3)8-11-18/h13-14,17-18H,4-12H2,1-3H3. The summed E-state index contributed by atoms with van der Waals surface area (Å²) in [7, 11) is 0. The van der Waals surface area contributed by atoms with Crippen molar-refractivity contribution in [2.45, 2.75) is 75.3 Å². The highest BCUT2D eigenvalue weighted by atomic mass is 32.2. The lowest BCUT2D eigenvalue weighted by Gasteiger charge is -2.40. The van der Waals surface area contributed by atoms with Crippen LogP contribution in [0.2, 0.25) is 0 Å². The lowest BCUT2D eigenvalue weighted by molar-refractivity contribution is -0.152. The maximum Gasteiger partial charge on any atom is 0.326 e. The summed E-state index contributed by atoms with van der Waals surface area (Å²) < 4.78 is 5.33. The fourth-order valence-electron chi connectivity index (χ4n) is 2.97. The Morgan fingerprint density at radius 1 is 1.52 bits per heavy atom. The molecule has 0 aliphatic heterocycles. The van der Waals surface area contributed by atoms with Gasteiger partial charge in [0, 0.05) is 17.1 Å². The van der Waals surface area contributed by atoms with Crippen LogP contribution in [0.25, 0.3) is 0 Å². The molecular weight excluding hydrogens is 286 g/mol. The Labute approximate surface area is 133 Å². The SMILES string of the molecule is CCCNC1(C(=O)OCC)CCCC(SC(C)CCO)C1. The van der Waals surface area contributed by atoms with E-state index in [1.807, 2.05) is 18.7 Å². The highest BCUT2D eigenvalue weighted by Gasteiger charge is 2.43. The van der Waals surface area contributed by atoms with Crippen molar-refractivity contribution in [3.63, 3.8) is 0 Å². The molecule has 124 valence electrons. The largest absolute Gasteiger partial charge is 0.465 e. The number of nitrogens with one attached hydrogen (secondary N) is 1. The number of hydrogen-bond acceptors (Lipinski definition) is 5. The molecule has 3 atom stereocenters. The smallest absolute Gasteiger partial charge is 0.326 e. The van der Waals surface area contributed by atoms with Gasteiger partial charge < -0.3 is 15.2 Å². The first-order chi connectivity index (χ1) is 10.1. The van der Waals surface area contributed by atoms with Crippen molar-refractivity contribution in [1.29, 1.82) is 0 Å². The van der Waals surface area contributed by atoms with Crippen LogP contribution >= 0.6 is 11.8 Å². The van der Waals surface area contributed by atoms with Crippen LogP contribution < -0.4 is 5.32 Å². The number of thioether (sulfide) groups is 1. The number of rotatable bonds is 9. The first kappa shape index (κ1) is 18.8. The average molecular weight is 317 g/mol. The van der Waals surface area contributed by atoms with Crippen LogP contribution in [-0.4, -0.2) is 46.9 Å². The number of carbonyl (C=O) groups is 1. The summed E-state index contributed by atoms with van der Waals surface area (Å²) in [5.74, 6) is -0.0847. The Kier molecular flexibility index (Phi) is 8.67. The van der Waals surface area contributed by atoms with E-state index in [2.05, 4.69) is 19.2 Å². The molecule has 0 heterocycles. The number of hydrogen-bond donors (Lipinski definition) is 2. The molecule has 1 saturated carbocycles. The van der Waals surface area contributed by atoms with Crippen molar-refractivity contribution < 1.29 is 14.6 Å². The molecule has 0 radical (unpaired) electrons. The first-order valence-electron chi connectivity index (χ1n) is 8.26. The quantitative estimate of drug-likeness (QED) is 0.640. The summed E-state index contributed by atoms with van der Waals surface area (Å²) in [4.78, 5) is 12.4. The predicted molar refractivity (Wildman–Crippen MR) is 88.7 cm³/mol. The van der Waals surface area contributed by atoms with E-state index in [0.717, 1.165) is 45.1 Å². The second-order valence-corrected chi connectivity index (χ2v) is 7.65. The average Bonchev–Trinajstić information content (AvgIpc) is 2.46. The Balaban J connectivity index is 2.70. The molecule has 0 aromatic rings. The molecule has 0 saturated heterocycles. The van der Waals surface area contributed by atoms with Gasteiger partial charge in [0.2, 0.25) is 0 Å². The number of aliphatic hydroxyl groups excluding tert-OH is 1. The normalized spacial score (nSPS) is 27.3. The van der Waals surface area contributed by atoms with Crippen LogP contribution in [0.4, 0.5) is 0 Å². The minimum Gasteiger partial charge on any atom is -0.465 e. The molecule has 0 aromatic carbocycles. The van der Waals surface area contributed by atoms with Crippen molar-refractivity contribution in [3.8, 4) is 0 Å². The maximum absolute atomic E-state index is 12.4. The Morgan fingerprint density at radius 3 is 2.90 bits per heavy atom. The maximum atomic E-state index is 12.4. The Bertz CT molecular complexity index is 314. The van der Waals surface area contributed by atoms with Gasteiger partial charge in [-0.25, -0.2) is 0 Å². The molecule has 3 unspecified atom stereocenters. The van der Waals surface area contributed by atoms with Gasteiger partial charge in [-0.3, -0.25) is 4.79 Å². The van der Waals surface area contributed by atoms with Gasteiger partial charge in [0.15, 0.2) is 0 Å². The van der Waals surface area contributed by atoms with Crippen LogP contribution in [-0.2, 0) is 9.53 Å². The summed E-state index contributed by atoms with van der Waals surface area (Å²) in [5.41, 5.74) is -0.499. The second kappa shape index (κ2) is 9.70. The van der Waals surface area contributed by atoms with Crippen molar-refractivity contribution in [3.05, 3.63) is 0 Å². The molecule has 1 rings (SSSR count). The Morgan fingerprint density at radius 2 is 2.29 bits per heavy atom. The van der Waals surface area contributed by atoms with Gasteiger partial charge in [-0.2, -0.15) is 11.8 Å². The molecule has 1 aliphatic carbocycles. The molecule has 1 fully saturated rings. The highest BCUT2D eigenvalue weighted by Crippen LogP contribution is 2.38. The van der Waals surface area contributed by atoms with Gasteiger partial charge in [0.05, 0.1) is 6.61 Å². The monoisotopic (exact) mass is 317 g/mol. The van der Waals surface area contributed by atoms with Gasteiger partial charge in [-0.15, -0.1) is 0 Å². The third-order valence-electron chi connectivity index (χ3n) is 4.05. The second-order valence-electron chi connectivity index (χ2n) is 5.91. The molecular formula is C16H31NO3S. The number of carbonyl (C=O) groups excluding carboxylic acids is 1. The van der Waals surface area contributed by atoms with Gasteiger partial charge in [-0.05, 0) is 52.0 Å². The van der Waals surface area contributed by atoms with Crippen LogP contribution in [0.1, 0.15) is 59.3 Å². The highest BCUT2D eigenvalue weighted by molar-refractivity contribution is 8.00. The van der Waals surface area contributed by atoms with E-state index in [-0.39, 0.29) is 12.6 Å². The number of esters is 1. The van der Waals surface area contributed by atoms with E-state index >= 15 is 0 Å².